The third kappa shape index (κ3) is 3.00. The van der Waals surface area contributed by atoms with Crippen LogP contribution < -0.4 is 0 Å². The number of rotatable bonds is 2. The highest BCUT2D eigenvalue weighted by Gasteiger charge is 2.59. The van der Waals surface area contributed by atoms with Crippen LogP contribution in [0.5, 0.6) is 0 Å². The Labute approximate surface area is 174 Å². The first kappa shape index (κ1) is 19.4. The molecule has 1 aromatic rings. The van der Waals surface area contributed by atoms with Gasteiger partial charge in [0, 0.05) is 5.41 Å². The molecular weight excluding hydrogens is 360 g/mol. The molecule has 0 saturated heterocycles. The molecule has 29 heavy (non-hydrogen) atoms. The van der Waals surface area contributed by atoms with Crippen molar-refractivity contribution in [1.82, 2.24) is 0 Å². The smallest absolute Gasteiger partial charge is 0.338 e. The first-order valence-electron chi connectivity index (χ1n) is 11.6. The van der Waals surface area contributed by atoms with Crippen molar-refractivity contribution in [2.45, 2.75) is 77.4 Å². The summed E-state index contributed by atoms with van der Waals surface area (Å²) in [5, 5.41) is 10.2. The average Bonchev–Trinajstić information content (AvgIpc) is 3.05. The van der Waals surface area contributed by atoms with Crippen molar-refractivity contribution in [3.63, 3.8) is 0 Å². The molecule has 3 heteroatoms. The molecule has 5 rings (SSSR count). The Morgan fingerprint density at radius 3 is 2.62 bits per heavy atom. The van der Waals surface area contributed by atoms with Crippen molar-refractivity contribution in [2.75, 3.05) is 0 Å². The summed E-state index contributed by atoms with van der Waals surface area (Å²) in [7, 11) is 0. The van der Waals surface area contributed by atoms with Crippen LogP contribution in [0.25, 0.3) is 0 Å². The number of hydrogen-bond acceptors (Lipinski definition) is 3. The van der Waals surface area contributed by atoms with Crippen molar-refractivity contribution in [3.8, 4) is 0 Å². The molecule has 0 heterocycles. The van der Waals surface area contributed by atoms with Crippen LogP contribution in [0.4, 0.5) is 0 Å². The first-order valence-corrected chi connectivity index (χ1v) is 11.6. The average molecular weight is 395 g/mol. The quantitative estimate of drug-likeness (QED) is 0.529. The van der Waals surface area contributed by atoms with E-state index in [1.54, 1.807) is 0 Å². The van der Waals surface area contributed by atoms with E-state index in [1.807, 2.05) is 30.3 Å². The van der Waals surface area contributed by atoms with Crippen molar-refractivity contribution < 1.29 is 14.6 Å². The van der Waals surface area contributed by atoms with Crippen LogP contribution in [0.3, 0.4) is 0 Å². The lowest BCUT2D eigenvalue weighted by molar-refractivity contribution is -0.0778. The standard InChI is InChI=1S/C26H34O3/c1-25-14-12-19(27)16-18(25)8-9-20-21-10-11-23(26(21,2)15-13-22(20)25)29-24(28)17-6-4-3-5-7-17/h3-8,19-23,27H,9-16H2,1-2H3/t19-,20+,21+,22+,23-,25+,26+/m1/s1. The fourth-order valence-corrected chi connectivity index (χ4v) is 7.56. The molecule has 0 aliphatic heterocycles. The normalized spacial score (nSPS) is 43.6. The highest BCUT2D eigenvalue weighted by Crippen LogP contribution is 2.65. The number of esters is 1. The number of ether oxygens (including phenoxy) is 1. The fraction of sp³-hybridized carbons (Fsp3) is 0.654. The van der Waals surface area contributed by atoms with Crippen LogP contribution in [-0.2, 0) is 4.74 Å². The van der Waals surface area contributed by atoms with Crippen molar-refractivity contribution in [2.24, 2.45) is 28.6 Å². The molecule has 156 valence electrons. The largest absolute Gasteiger partial charge is 0.458 e. The molecular formula is C26H34O3. The van der Waals surface area contributed by atoms with Crippen LogP contribution in [0.1, 0.15) is 75.6 Å². The molecule has 7 atom stereocenters. The van der Waals surface area contributed by atoms with Gasteiger partial charge < -0.3 is 9.84 Å². The minimum absolute atomic E-state index is 0.0347. The van der Waals surface area contributed by atoms with Gasteiger partial charge in [-0.05, 0) is 86.7 Å². The monoisotopic (exact) mass is 394 g/mol. The van der Waals surface area contributed by atoms with Crippen LogP contribution >= 0.6 is 0 Å². The predicted octanol–water partition coefficient (Wildman–Crippen LogP) is 5.54. The Hall–Kier alpha value is -1.61. The van der Waals surface area contributed by atoms with Gasteiger partial charge in [-0.2, -0.15) is 0 Å². The van der Waals surface area contributed by atoms with E-state index in [0.29, 0.717) is 17.4 Å². The van der Waals surface area contributed by atoms with Gasteiger partial charge in [0.1, 0.15) is 6.10 Å². The molecule has 4 aliphatic rings. The second-order valence-corrected chi connectivity index (χ2v) is 10.5. The maximum Gasteiger partial charge on any atom is 0.338 e. The van der Waals surface area contributed by atoms with E-state index in [2.05, 4.69) is 19.9 Å². The molecule has 3 nitrogen and oxygen atoms in total. The van der Waals surface area contributed by atoms with Crippen LogP contribution in [0.2, 0.25) is 0 Å². The fourth-order valence-electron chi connectivity index (χ4n) is 7.56. The number of aliphatic hydroxyl groups is 1. The van der Waals surface area contributed by atoms with Gasteiger partial charge in [0.25, 0.3) is 0 Å². The first-order chi connectivity index (χ1) is 13.9. The molecule has 3 saturated carbocycles. The van der Waals surface area contributed by atoms with Crippen molar-refractivity contribution in [3.05, 3.63) is 47.5 Å². The van der Waals surface area contributed by atoms with Crippen LogP contribution in [-0.4, -0.2) is 23.3 Å². The number of carbonyl (C=O) groups excluding carboxylic acids is 1. The van der Waals surface area contributed by atoms with Crippen molar-refractivity contribution in [1.29, 1.82) is 0 Å². The third-order valence-corrected chi connectivity index (χ3v) is 9.25. The lowest BCUT2D eigenvalue weighted by atomic mass is 9.48. The summed E-state index contributed by atoms with van der Waals surface area (Å²) in [4.78, 5) is 12.7. The Balaban J connectivity index is 1.36. The number of benzene rings is 1. The maximum atomic E-state index is 12.7. The Bertz CT molecular complexity index is 815. The maximum absolute atomic E-state index is 12.7. The number of hydrogen-bond donors (Lipinski definition) is 1. The zero-order chi connectivity index (χ0) is 20.2. The molecule has 0 bridgehead atoms. The van der Waals surface area contributed by atoms with E-state index in [0.717, 1.165) is 44.4 Å². The van der Waals surface area contributed by atoms with E-state index in [4.69, 9.17) is 4.74 Å². The molecule has 0 amide bonds. The number of fused-ring (bicyclic) bond motifs is 5. The van der Waals surface area contributed by atoms with Gasteiger partial charge >= 0.3 is 5.97 Å². The summed E-state index contributed by atoms with van der Waals surface area (Å²) in [5.41, 5.74) is 2.54. The summed E-state index contributed by atoms with van der Waals surface area (Å²) < 4.78 is 6.11. The SMILES string of the molecule is C[C@]12CC[C@H]3[C@@H](CC=C4C[C@H](O)CC[C@@]43C)[C@@H]1CC[C@H]2OC(=O)c1ccccc1. The minimum Gasteiger partial charge on any atom is -0.458 e. The van der Waals surface area contributed by atoms with Gasteiger partial charge in [0.05, 0.1) is 11.7 Å². The lowest BCUT2D eigenvalue weighted by Gasteiger charge is -2.57. The summed E-state index contributed by atoms with van der Waals surface area (Å²) in [5.74, 6) is 1.88. The van der Waals surface area contributed by atoms with E-state index >= 15 is 0 Å². The Morgan fingerprint density at radius 2 is 1.83 bits per heavy atom. The number of aliphatic hydroxyl groups excluding tert-OH is 1. The van der Waals surface area contributed by atoms with Gasteiger partial charge in [0.15, 0.2) is 0 Å². The van der Waals surface area contributed by atoms with E-state index in [9.17, 15) is 9.90 Å². The molecule has 4 aliphatic carbocycles. The summed E-state index contributed by atoms with van der Waals surface area (Å²) in [6.45, 7) is 4.85. The van der Waals surface area contributed by atoms with Crippen molar-refractivity contribution >= 4 is 5.97 Å². The number of carbonyl (C=O) groups is 1. The molecule has 1 aromatic carbocycles. The molecule has 0 unspecified atom stereocenters. The van der Waals surface area contributed by atoms with Crippen LogP contribution in [0.15, 0.2) is 42.0 Å². The van der Waals surface area contributed by atoms with Gasteiger partial charge in [0.2, 0.25) is 0 Å². The molecule has 0 radical (unpaired) electrons. The zero-order valence-electron chi connectivity index (χ0n) is 17.8. The molecule has 0 spiro atoms. The summed E-state index contributed by atoms with van der Waals surface area (Å²) in [6, 6.07) is 9.42. The molecule has 3 fully saturated rings. The second-order valence-electron chi connectivity index (χ2n) is 10.5. The predicted molar refractivity (Wildman–Crippen MR) is 113 cm³/mol. The highest BCUT2D eigenvalue weighted by atomic mass is 16.5. The summed E-state index contributed by atoms with van der Waals surface area (Å²) in [6.07, 6.45) is 11.0. The lowest BCUT2D eigenvalue weighted by Crippen LogP contribution is -2.51. The highest BCUT2D eigenvalue weighted by molar-refractivity contribution is 5.89. The van der Waals surface area contributed by atoms with E-state index in [-0.39, 0.29) is 29.0 Å². The van der Waals surface area contributed by atoms with E-state index < -0.39 is 0 Å². The minimum atomic E-state index is -0.168. The summed E-state index contributed by atoms with van der Waals surface area (Å²) >= 11 is 0. The molecule has 0 aromatic heterocycles. The van der Waals surface area contributed by atoms with E-state index in [1.165, 1.54) is 18.4 Å². The Kier molecular flexibility index (Phi) is 4.66. The van der Waals surface area contributed by atoms with Gasteiger partial charge in [-0.25, -0.2) is 4.79 Å². The molecule has 1 N–H and O–H groups in total. The number of allylic oxidation sites excluding steroid dienone is 1. The zero-order valence-corrected chi connectivity index (χ0v) is 17.8. The topological polar surface area (TPSA) is 46.5 Å². The van der Waals surface area contributed by atoms with Gasteiger partial charge in [-0.15, -0.1) is 0 Å². The van der Waals surface area contributed by atoms with Gasteiger partial charge in [-0.1, -0.05) is 43.7 Å². The third-order valence-electron chi connectivity index (χ3n) is 9.25. The van der Waals surface area contributed by atoms with Gasteiger partial charge in [-0.3, -0.25) is 0 Å². The second kappa shape index (κ2) is 6.97. The Morgan fingerprint density at radius 1 is 1.03 bits per heavy atom. The van der Waals surface area contributed by atoms with Crippen LogP contribution in [0, 0.1) is 28.6 Å².